The highest BCUT2D eigenvalue weighted by Gasteiger charge is 2.32. The van der Waals surface area contributed by atoms with Crippen molar-refractivity contribution >= 4 is 0 Å². The fourth-order valence-corrected chi connectivity index (χ4v) is 1.98. The van der Waals surface area contributed by atoms with Gasteiger partial charge in [0.25, 0.3) is 0 Å². The molecule has 1 aromatic heterocycles. The molecule has 17 heavy (non-hydrogen) atoms. The van der Waals surface area contributed by atoms with E-state index in [1.165, 1.54) is 4.80 Å². The van der Waals surface area contributed by atoms with E-state index in [1.54, 1.807) is 14.2 Å². The lowest BCUT2D eigenvalue weighted by Gasteiger charge is -2.35. The van der Waals surface area contributed by atoms with Crippen LogP contribution in [0.2, 0.25) is 0 Å². The van der Waals surface area contributed by atoms with Crippen LogP contribution in [0.1, 0.15) is 26.6 Å². The van der Waals surface area contributed by atoms with Gasteiger partial charge in [-0.15, -0.1) is 10.2 Å². The van der Waals surface area contributed by atoms with Gasteiger partial charge in [-0.3, -0.25) is 11.3 Å². The normalized spacial score (nSPS) is 15.9. The summed E-state index contributed by atoms with van der Waals surface area (Å²) in [5.74, 6) is 6.24. The fourth-order valence-electron chi connectivity index (χ4n) is 1.98. The van der Waals surface area contributed by atoms with Crippen LogP contribution in [0, 0.1) is 5.41 Å². The van der Waals surface area contributed by atoms with E-state index in [0.717, 1.165) is 0 Å². The van der Waals surface area contributed by atoms with Gasteiger partial charge in [-0.05, 0) is 10.6 Å². The molecule has 0 aliphatic rings. The summed E-state index contributed by atoms with van der Waals surface area (Å²) < 4.78 is 5.52. The van der Waals surface area contributed by atoms with Gasteiger partial charge in [0.05, 0.1) is 19.2 Å². The van der Waals surface area contributed by atoms with Crippen molar-refractivity contribution in [2.75, 3.05) is 7.11 Å². The Bertz CT molecular complexity index is 345. The number of hydrogen-bond acceptors (Lipinski definition) is 6. The van der Waals surface area contributed by atoms with E-state index >= 15 is 0 Å². The quantitative estimate of drug-likeness (QED) is 0.541. The second kappa shape index (κ2) is 5.52. The molecule has 1 aromatic rings. The van der Waals surface area contributed by atoms with Gasteiger partial charge in [0.15, 0.2) is 5.82 Å². The predicted octanol–water partition coefficient (Wildman–Crippen LogP) is -0.354. The third-order valence-corrected chi connectivity index (χ3v) is 2.64. The van der Waals surface area contributed by atoms with E-state index in [9.17, 15) is 0 Å². The van der Waals surface area contributed by atoms with Crippen LogP contribution in [-0.4, -0.2) is 39.5 Å². The molecule has 2 unspecified atom stereocenters. The second-order valence-corrected chi connectivity index (χ2v) is 5.19. The third-order valence-electron chi connectivity index (χ3n) is 2.64. The minimum absolute atomic E-state index is 0.0198. The van der Waals surface area contributed by atoms with E-state index in [-0.39, 0.29) is 17.6 Å². The molecule has 0 amide bonds. The van der Waals surface area contributed by atoms with Crippen LogP contribution >= 0.6 is 0 Å². The molecule has 2 atom stereocenters. The van der Waals surface area contributed by atoms with Crippen LogP contribution in [0.4, 0.5) is 0 Å². The van der Waals surface area contributed by atoms with E-state index in [1.807, 2.05) is 0 Å². The zero-order valence-corrected chi connectivity index (χ0v) is 11.1. The maximum absolute atomic E-state index is 5.59. The molecule has 1 rings (SSSR count). The Balaban J connectivity index is 2.76. The summed E-state index contributed by atoms with van der Waals surface area (Å²) in [6.07, 6.45) is 0.552. The topological polar surface area (TPSA) is 90.9 Å². The van der Waals surface area contributed by atoms with Crippen molar-refractivity contribution in [1.82, 2.24) is 25.6 Å². The standard InChI is InChI=1S/C10H22N6O/c1-10(2,3)9(17-5)7(12-11)6-8-13-15-16(4)14-8/h7,9,12H,6,11H2,1-5H3. The Labute approximate surface area is 102 Å². The van der Waals surface area contributed by atoms with Gasteiger partial charge in [-0.2, -0.15) is 4.80 Å². The van der Waals surface area contributed by atoms with Crippen molar-refractivity contribution in [3.63, 3.8) is 0 Å². The molecule has 7 nitrogen and oxygen atoms in total. The lowest BCUT2D eigenvalue weighted by atomic mass is 9.83. The van der Waals surface area contributed by atoms with Crippen LogP contribution in [0.3, 0.4) is 0 Å². The minimum Gasteiger partial charge on any atom is -0.379 e. The Hall–Kier alpha value is -1.05. The number of hydrazine groups is 1. The molecular weight excluding hydrogens is 220 g/mol. The monoisotopic (exact) mass is 242 g/mol. The molecule has 0 radical (unpaired) electrons. The first kappa shape index (κ1) is 14.0. The number of methoxy groups -OCH3 is 1. The number of nitrogens with two attached hydrogens (primary N) is 1. The molecule has 0 aromatic carbocycles. The molecule has 0 saturated heterocycles. The molecule has 0 spiro atoms. The number of rotatable bonds is 5. The maximum atomic E-state index is 5.59. The summed E-state index contributed by atoms with van der Waals surface area (Å²) in [6, 6.07) is -0.0517. The summed E-state index contributed by atoms with van der Waals surface area (Å²) in [6.45, 7) is 6.32. The zero-order valence-electron chi connectivity index (χ0n) is 11.1. The van der Waals surface area contributed by atoms with Crippen LogP contribution in [0.5, 0.6) is 0 Å². The summed E-state index contributed by atoms with van der Waals surface area (Å²) >= 11 is 0. The van der Waals surface area contributed by atoms with E-state index in [0.29, 0.717) is 12.2 Å². The van der Waals surface area contributed by atoms with Gasteiger partial charge in [-0.1, -0.05) is 20.8 Å². The lowest BCUT2D eigenvalue weighted by Crippen LogP contribution is -2.51. The van der Waals surface area contributed by atoms with E-state index in [4.69, 9.17) is 10.6 Å². The zero-order chi connectivity index (χ0) is 13.1. The van der Waals surface area contributed by atoms with Crippen molar-refractivity contribution < 1.29 is 4.74 Å². The number of aryl methyl sites for hydroxylation is 1. The summed E-state index contributed by atoms with van der Waals surface area (Å²) in [5.41, 5.74) is 2.76. The first-order chi connectivity index (χ1) is 7.88. The molecule has 0 bridgehead atoms. The van der Waals surface area contributed by atoms with Gasteiger partial charge in [-0.25, -0.2) is 0 Å². The molecular formula is C10H22N6O. The van der Waals surface area contributed by atoms with Gasteiger partial charge in [0, 0.05) is 13.5 Å². The smallest absolute Gasteiger partial charge is 0.176 e. The molecule has 0 aliphatic heterocycles. The van der Waals surface area contributed by atoms with Gasteiger partial charge >= 0.3 is 0 Å². The average Bonchev–Trinajstić information content (AvgIpc) is 2.61. The van der Waals surface area contributed by atoms with Crippen LogP contribution in [0.25, 0.3) is 0 Å². The minimum atomic E-state index is -0.0517. The Morgan fingerprint density at radius 1 is 1.47 bits per heavy atom. The predicted molar refractivity (Wildman–Crippen MR) is 63.9 cm³/mol. The molecule has 0 saturated carbocycles. The number of tetrazole rings is 1. The van der Waals surface area contributed by atoms with Crippen molar-refractivity contribution in [1.29, 1.82) is 0 Å². The number of hydrogen-bond donors (Lipinski definition) is 2. The number of nitrogens with zero attached hydrogens (tertiary/aromatic N) is 4. The summed E-state index contributed by atoms with van der Waals surface area (Å²) in [5, 5.41) is 11.9. The molecule has 98 valence electrons. The summed E-state index contributed by atoms with van der Waals surface area (Å²) in [7, 11) is 3.42. The van der Waals surface area contributed by atoms with Crippen LogP contribution in [-0.2, 0) is 18.2 Å². The van der Waals surface area contributed by atoms with Crippen molar-refractivity contribution in [2.24, 2.45) is 18.3 Å². The first-order valence-electron chi connectivity index (χ1n) is 5.60. The number of ether oxygens (including phenoxy) is 1. The highest BCUT2D eigenvalue weighted by molar-refractivity contribution is 4.92. The number of nitrogens with one attached hydrogen (secondary N) is 1. The van der Waals surface area contributed by atoms with Crippen molar-refractivity contribution in [3.05, 3.63) is 5.82 Å². The number of aromatic nitrogens is 4. The lowest BCUT2D eigenvalue weighted by molar-refractivity contribution is -0.0115. The molecule has 3 N–H and O–H groups in total. The molecule has 0 fully saturated rings. The van der Waals surface area contributed by atoms with Crippen molar-refractivity contribution in [2.45, 2.75) is 39.3 Å². The fraction of sp³-hybridized carbons (Fsp3) is 0.900. The van der Waals surface area contributed by atoms with Crippen LogP contribution < -0.4 is 11.3 Å². The third kappa shape index (κ3) is 3.72. The SMILES string of the molecule is COC(C(Cc1nnn(C)n1)NN)C(C)(C)C. The van der Waals surface area contributed by atoms with Gasteiger partial charge in [0.2, 0.25) is 0 Å². The van der Waals surface area contributed by atoms with Crippen LogP contribution in [0.15, 0.2) is 0 Å². The average molecular weight is 242 g/mol. The molecule has 1 heterocycles. The van der Waals surface area contributed by atoms with Gasteiger partial charge in [0.1, 0.15) is 0 Å². The Kier molecular flexibility index (Phi) is 4.55. The summed E-state index contributed by atoms with van der Waals surface area (Å²) in [4.78, 5) is 1.43. The highest BCUT2D eigenvalue weighted by Crippen LogP contribution is 2.25. The first-order valence-corrected chi connectivity index (χ1v) is 5.60. The Morgan fingerprint density at radius 3 is 2.47 bits per heavy atom. The largest absolute Gasteiger partial charge is 0.379 e. The molecule has 0 aliphatic carbocycles. The maximum Gasteiger partial charge on any atom is 0.176 e. The Morgan fingerprint density at radius 2 is 2.12 bits per heavy atom. The van der Waals surface area contributed by atoms with Gasteiger partial charge < -0.3 is 4.74 Å². The molecule has 7 heteroatoms. The van der Waals surface area contributed by atoms with E-state index < -0.39 is 0 Å². The second-order valence-electron chi connectivity index (χ2n) is 5.19. The van der Waals surface area contributed by atoms with Crippen molar-refractivity contribution in [3.8, 4) is 0 Å². The van der Waals surface area contributed by atoms with E-state index in [2.05, 4.69) is 41.6 Å². The highest BCUT2D eigenvalue weighted by atomic mass is 16.5.